The maximum atomic E-state index is 12.1. The lowest BCUT2D eigenvalue weighted by molar-refractivity contribution is 0.101. The third kappa shape index (κ3) is 4.59. The van der Waals surface area contributed by atoms with Crippen molar-refractivity contribution in [3.05, 3.63) is 89.2 Å². The fourth-order valence-corrected chi connectivity index (χ4v) is 2.67. The molecule has 1 heterocycles. The number of nitrogens with one attached hydrogen (secondary N) is 2. The number of benzene rings is 2. The fourth-order valence-electron chi connectivity index (χ4n) is 2.67. The molecule has 0 bridgehead atoms. The van der Waals surface area contributed by atoms with E-state index >= 15 is 0 Å². The van der Waals surface area contributed by atoms with Crippen LogP contribution in [0.25, 0.3) is 0 Å². The van der Waals surface area contributed by atoms with Crippen LogP contribution >= 0.6 is 0 Å². The van der Waals surface area contributed by atoms with Crippen LogP contribution in [0.1, 0.15) is 38.8 Å². The number of nitriles is 1. The Hall–Kier alpha value is -3.98. The monoisotopic (exact) mass is 370 g/mol. The van der Waals surface area contributed by atoms with Crippen molar-refractivity contribution in [2.45, 2.75) is 13.5 Å². The van der Waals surface area contributed by atoms with Crippen LogP contribution in [0, 0.1) is 11.3 Å². The molecule has 0 aliphatic carbocycles. The number of carbonyl (C=O) groups excluding carboxylic acids is 2. The molecule has 0 saturated heterocycles. The average Bonchev–Trinajstić information content (AvgIpc) is 2.73. The molecule has 6 heteroatoms. The second-order valence-electron chi connectivity index (χ2n) is 6.17. The maximum Gasteiger partial charge on any atom is 0.257 e. The number of rotatable bonds is 6. The lowest BCUT2D eigenvalue weighted by Crippen LogP contribution is -2.12. The van der Waals surface area contributed by atoms with Crippen molar-refractivity contribution in [2.24, 2.45) is 0 Å². The first-order chi connectivity index (χ1) is 13.6. The minimum atomic E-state index is -0.224. The molecule has 0 radical (unpaired) electrons. The van der Waals surface area contributed by atoms with E-state index in [9.17, 15) is 9.59 Å². The molecule has 0 aliphatic heterocycles. The predicted octanol–water partition coefficient (Wildman–Crippen LogP) is 4.02. The van der Waals surface area contributed by atoms with E-state index in [0.717, 1.165) is 5.56 Å². The lowest BCUT2D eigenvalue weighted by atomic mass is 10.1. The lowest BCUT2D eigenvalue weighted by Gasteiger charge is -2.11. The summed E-state index contributed by atoms with van der Waals surface area (Å²) < 4.78 is 0. The van der Waals surface area contributed by atoms with E-state index in [1.165, 1.54) is 13.1 Å². The highest BCUT2D eigenvalue weighted by Crippen LogP contribution is 2.20. The van der Waals surface area contributed by atoms with E-state index in [2.05, 4.69) is 21.7 Å². The van der Waals surface area contributed by atoms with Gasteiger partial charge in [-0.25, -0.2) is 0 Å². The molecule has 2 aromatic carbocycles. The van der Waals surface area contributed by atoms with Gasteiger partial charge in [-0.05, 0) is 55.0 Å². The van der Waals surface area contributed by atoms with E-state index in [1.54, 1.807) is 36.5 Å². The molecular formula is C22H18N4O2. The van der Waals surface area contributed by atoms with E-state index in [0.29, 0.717) is 34.6 Å². The van der Waals surface area contributed by atoms with Crippen LogP contribution in [0.4, 0.5) is 11.4 Å². The Morgan fingerprint density at radius 2 is 1.89 bits per heavy atom. The van der Waals surface area contributed by atoms with Crippen molar-refractivity contribution in [3.63, 3.8) is 0 Å². The van der Waals surface area contributed by atoms with E-state index in [-0.39, 0.29) is 11.7 Å². The number of hydrogen-bond acceptors (Lipinski definition) is 5. The number of aromatic nitrogens is 1. The third-order valence-electron chi connectivity index (χ3n) is 4.15. The summed E-state index contributed by atoms with van der Waals surface area (Å²) in [5.74, 6) is -0.293. The number of hydrogen-bond donors (Lipinski definition) is 2. The zero-order valence-electron chi connectivity index (χ0n) is 15.3. The van der Waals surface area contributed by atoms with Crippen LogP contribution in [-0.4, -0.2) is 16.7 Å². The standard InChI is InChI=1S/C22H18N4O2/c1-15(27)20-9-6-17(12-23)11-21(20)25-13-16-4-7-19(8-5-16)26-22(28)18-3-2-10-24-14-18/h2-11,14,25H,13H2,1H3,(H,26,28). The highest BCUT2D eigenvalue weighted by atomic mass is 16.1. The van der Waals surface area contributed by atoms with Crippen LogP contribution in [0.3, 0.4) is 0 Å². The molecule has 1 aromatic heterocycles. The van der Waals surface area contributed by atoms with E-state index in [1.807, 2.05) is 24.3 Å². The fraction of sp³-hybridized carbons (Fsp3) is 0.0909. The quantitative estimate of drug-likeness (QED) is 0.639. The smallest absolute Gasteiger partial charge is 0.257 e. The third-order valence-corrected chi connectivity index (χ3v) is 4.15. The second kappa shape index (κ2) is 8.60. The maximum absolute atomic E-state index is 12.1. The van der Waals surface area contributed by atoms with Gasteiger partial charge in [-0.3, -0.25) is 14.6 Å². The predicted molar refractivity (Wildman–Crippen MR) is 107 cm³/mol. The number of anilines is 2. The molecule has 0 atom stereocenters. The molecule has 0 saturated carbocycles. The molecule has 0 fully saturated rings. The molecular weight excluding hydrogens is 352 g/mol. The Bertz CT molecular complexity index is 1040. The molecule has 28 heavy (non-hydrogen) atoms. The summed E-state index contributed by atoms with van der Waals surface area (Å²) >= 11 is 0. The van der Waals surface area contributed by atoms with Crippen LogP contribution < -0.4 is 10.6 Å². The van der Waals surface area contributed by atoms with Gasteiger partial charge in [0.2, 0.25) is 0 Å². The number of ketones is 1. The summed E-state index contributed by atoms with van der Waals surface area (Å²) in [5.41, 5.74) is 3.79. The molecule has 3 rings (SSSR count). The topological polar surface area (TPSA) is 94.9 Å². The first-order valence-corrected chi connectivity index (χ1v) is 8.66. The summed E-state index contributed by atoms with van der Waals surface area (Å²) in [4.78, 5) is 27.9. The highest BCUT2D eigenvalue weighted by Gasteiger charge is 2.09. The van der Waals surface area contributed by atoms with Crippen LogP contribution in [0.15, 0.2) is 67.0 Å². The van der Waals surface area contributed by atoms with Gasteiger partial charge in [0.05, 0.1) is 17.2 Å². The van der Waals surface area contributed by atoms with Crippen molar-refractivity contribution in [1.29, 1.82) is 5.26 Å². The van der Waals surface area contributed by atoms with Gasteiger partial charge < -0.3 is 10.6 Å². The van der Waals surface area contributed by atoms with Crippen molar-refractivity contribution < 1.29 is 9.59 Å². The van der Waals surface area contributed by atoms with Crippen LogP contribution in [0.5, 0.6) is 0 Å². The van der Waals surface area contributed by atoms with Gasteiger partial charge >= 0.3 is 0 Å². The van der Waals surface area contributed by atoms with E-state index < -0.39 is 0 Å². The largest absolute Gasteiger partial charge is 0.380 e. The first-order valence-electron chi connectivity index (χ1n) is 8.66. The number of pyridine rings is 1. The molecule has 0 spiro atoms. The Labute approximate surface area is 162 Å². The molecule has 0 unspecified atom stereocenters. The summed E-state index contributed by atoms with van der Waals surface area (Å²) in [6, 6.07) is 17.8. The Morgan fingerprint density at radius 3 is 2.54 bits per heavy atom. The van der Waals surface area contributed by atoms with Crippen molar-refractivity contribution in [3.8, 4) is 6.07 Å². The number of amides is 1. The van der Waals surface area contributed by atoms with E-state index in [4.69, 9.17) is 5.26 Å². The minimum absolute atomic E-state index is 0.0690. The Kier molecular flexibility index (Phi) is 5.78. The molecule has 6 nitrogen and oxygen atoms in total. The second-order valence-corrected chi connectivity index (χ2v) is 6.17. The Morgan fingerprint density at radius 1 is 1.11 bits per heavy atom. The average molecular weight is 370 g/mol. The molecule has 3 aromatic rings. The Balaban J connectivity index is 1.66. The summed E-state index contributed by atoms with van der Waals surface area (Å²) in [6.07, 6.45) is 3.12. The molecule has 2 N–H and O–H groups in total. The van der Waals surface area contributed by atoms with Gasteiger partial charge in [-0.1, -0.05) is 12.1 Å². The zero-order valence-corrected chi connectivity index (χ0v) is 15.3. The molecule has 1 amide bonds. The van der Waals surface area contributed by atoms with Crippen molar-refractivity contribution >= 4 is 23.1 Å². The summed E-state index contributed by atoms with van der Waals surface area (Å²) in [5, 5.41) is 15.1. The minimum Gasteiger partial charge on any atom is -0.380 e. The van der Waals surface area contributed by atoms with Gasteiger partial charge in [-0.2, -0.15) is 5.26 Å². The zero-order chi connectivity index (χ0) is 19.9. The van der Waals surface area contributed by atoms with Gasteiger partial charge in [0.25, 0.3) is 5.91 Å². The summed E-state index contributed by atoms with van der Waals surface area (Å²) in [6.45, 7) is 1.97. The first kappa shape index (κ1) is 18.8. The van der Waals surface area contributed by atoms with Crippen LogP contribution in [-0.2, 0) is 6.54 Å². The van der Waals surface area contributed by atoms with Crippen molar-refractivity contribution in [1.82, 2.24) is 4.98 Å². The van der Waals surface area contributed by atoms with Gasteiger partial charge in [0.1, 0.15) is 0 Å². The van der Waals surface area contributed by atoms with Gasteiger partial charge in [-0.15, -0.1) is 0 Å². The number of nitrogens with zero attached hydrogens (tertiary/aromatic N) is 2. The number of Topliss-reactive ketones (excluding diaryl/α,β-unsaturated/α-hetero) is 1. The van der Waals surface area contributed by atoms with Gasteiger partial charge in [0.15, 0.2) is 5.78 Å². The van der Waals surface area contributed by atoms with Crippen molar-refractivity contribution in [2.75, 3.05) is 10.6 Å². The van der Waals surface area contributed by atoms with Crippen LogP contribution in [0.2, 0.25) is 0 Å². The molecule has 0 aliphatic rings. The number of carbonyl (C=O) groups is 2. The SMILES string of the molecule is CC(=O)c1ccc(C#N)cc1NCc1ccc(NC(=O)c2cccnc2)cc1. The van der Waals surface area contributed by atoms with Gasteiger partial charge in [0, 0.05) is 35.9 Å². The normalized spacial score (nSPS) is 10.0. The highest BCUT2D eigenvalue weighted by molar-refractivity contribution is 6.04. The molecule has 138 valence electrons. The summed E-state index contributed by atoms with van der Waals surface area (Å²) in [7, 11) is 0.